The van der Waals surface area contributed by atoms with Gasteiger partial charge in [-0.25, -0.2) is 4.98 Å². The monoisotopic (exact) mass is 308 g/mol. The summed E-state index contributed by atoms with van der Waals surface area (Å²) in [6.45, 7) is 2.05. The molecule has 2 heterocycles. The van der Waals surface area contributed by atoms with Crippen molar-refractivity contribution in [2.75, 3.05) is 30.8 Å². The Balaban J connectivity index is 1.74. The molecule has 1 saturated carbocycles. The minimum Gasteiger partial charge on any atom is -0.382 e. The average molecular weight is 308 g/mol. The standard InChI is InChI=1S/C15H24N4OS/c1-18(11-7-3-2-4-8-11)14(20)12-13(16)17-15(21-12)19-9-5-6-10-19/h11H,2-10,16H2,1H3. The molecule has 1 aliphatic heterocycles. The van der Waals surface area contributed by atoms with Gasteiger partial charge < -0.3 is 15.5 Å². The first-order valence-corrected chi connectivity index (χ1v) is 8.77. The van der Waals surface area contributed by atoms with E-state index in [1.165, 1.54) is 43.4 Å². The summed E-state index contributed by atoms with van der Waals surface area (Å²) in [5.41, 5.74) is 6.00. The van der Waals surface area contributed by atoms with E-state index in [0.717, 1.165) is 31.1 Å². The molecule has 21 heavy (non-hydrogen) atoms. The van der Waals surface area contributed by atoms with Gasteiger partial charge in [0.2, 0.25) is 0 Å². The van der Waals surface area contributed by atoms with E-state index in [0.29, 0.717) is 16.7 Å². The van der Waals surface area contributed by atoms with E-state index in [4.69, 9.17) is 5.73 Å². The first-order chi connectivity index (χ1) is 10.2. The lowest BCUT2D eigenvalue weighted by atomic mass is 9.94. The second-order valence-electron chi connectivity index (χ2n) is 6.11. The predicted molar refractivity (Wildman–Crippen MR) is 86.9 cm³/mol. The summed E-state index contributed by atoms with van der Waals surface area (Å²) in [7, 11) is 1.91. The smallest absolute Gasteiger partial charge is 0.267 e. The summed E-state index contributed by atoms with van der Waals surface area (Å²) in [6.07, 6.45) is 8.36. The van der Waals surface area contributed by atoms with Crippen molar-refractivity contribution in [2.24, 2.45) is 0 Å². The van der Waals surface area contributed by atoms with Gasteiger partial charge in [0.1, 0.15) is 10.7 Å². The number of carbonyl (C=O) groups excluding carboxylic acids is 1. The minimum absolute atomic E-state index is 0.0438. The van der Waals surface area contributed by atoms with Crippen molar-refractivity contribution >= 4 is 28.2 Å². The third-order valence-corrected chi connectivity index (χ3v) is 5.78. The fraction of sp³-hybridized carbons (Fsp3) is 0.733. The lowest BCUT2D eigenvalue weighted by molar-refractivity contribution is 0.0702. The Morgan fingerprint density at radius 1 is 1.24 bits per heavy atom. The van der Waals surface area contributed by atoms with Crippen molar-refractivity contribution in [3.05, 3.63) is 4.88 Å². The van der Waals surface area contributed by atoms with Crippen molar-refractivity contribution in [2.45, 2.75) is 51.0 Å². The van der Waals surface area contributed by atoms with Crippen LogP contribution in [-0.2, 0) is 0 Å². The van der Waals surface area contributed by atoms with E-state index in [-0.39, 0.29) is 5.91 Å². The van der Waals surface area contributed by atoms with E-state index < -0.39 is 0 Å². The molecule has 6 heteroatoms. The number of nitrogen functional groups attached to an aromatic ring is 1. The molecule has 116 valence electrons. The Bertz CT molecular complexity index is 504. The van der Waals surface area contributed by atoms with Gasteiger partial charge in [0.15, 0.2) is 5.13 Å². The molecule has 2 fully saturated rings. The van der Waals surface area contributed by atoms with Crippen LogP contribution in [0.2, 0.25) is 0 Å². The molecule has 0 aromatic carbocycles. The van der Waals surface area contributed by atoms with Crippen LogP contribution in [0.25, 0.3) is 0 Å². The van der Waals surface area contributed by atoms with Crippen LogP contribution in [0.4, 0.5) is 10.9 Å². The summed E-state index contributed by atoms with van der Waals surface area (Å²) in [5.74, 6) is 0.442. The number of anilines is 2. The lowest BCUT2D eigenvalue weighted by Crippen LogP contribution is -2.38. The van der Waals surface area contributed by atoms with Gasteiger partial charge in [-0.2, -0.15) is 0 Å². The number of nitrogens with zero attached hydrogens (tertiary/aromatic N) is 3. The van der Waals surface area contributed by atoms with Gasteiger partial charge in [-0.05, 0) is 25.7 Å². The number of rotatable bonds is 3. The molecule has 1 aliphatic carbocycles. The molecule has 0 radical (unpaired) electrons. The molecule has 1 saturated heterocycles. The zero-order valence-electron chi connectivity index (χ0n) is 12.7. The molecule has 2 N–H and O–H groups in total. The summed E-state index contributed by atoms with van der Waals surface area (Å²) < 4.78 is 0. The normalized spacial score (nSPS) is 20.0. The summed E-state index contributed by atoms with van der Waals surface area (Å²) in [6, 6.07) is 0.364. The highest BCUT2D eigenvalue weighted by Crippen LogP contribution is 2.32. The first-order valence-electron chi connectivity index (χ1n) is 7.95. The molecule has 1 amide bonds. The Kier molecular flexibility index (Phi) is 4.33. The minimum atomic E-state index is 0.0438. The number of hydrogen-bond donors (Lipinski definition) is 1. The largest absolute Gasteiger partial charge is 0.382 e. The number of nitrogens with two attached hydrogens (primary N) is 1. The van der Waals surface area contributed by atoms with Crippen LogP contribution in [0.15, 0.2) is 0 Å². The number of aromatic nitrogens is 1. The summed E-state index contributed by atoms with van der Waals surface area (Å²) >= 11 is 1.46. The maximum Gasteiger partial charge on any atom is 0.267 e. The molecule has 2 aliphatic rings. The van der Waals surface area contributed by atoms with Crippen molar-refractivity contribution in [3.63, 3.8) is 0 Å². The highest BCUT2D eigenvalue weighted by Gasteiger charge is 2.27. The van der Waals surface area contributed by atoms with Crippen molar-refractivity contribution in [3.8, 4) is 0 Å². The molecule has 0 unspecified atom stereocenters. The maximum absolute atomic E-state index is 12.7. The Labute approximate surface area is 130 Å². The molecule has 3 rings (SSSR count). The Hall–Kier alpha value is -1.30. The second kappa shape index (κ2) is 6.22. The van der Waals surface area contributed by atoms with Gasteiger partial charge in [-0.1, -0.05) is 30.6 Å². The first kappa shape index (κ1) is 14.6. The molecular weight excluding hydrogens is 284 g/mol. The van der Waals surface area contributed by atoms with Gasteiger partial charge in [0.05, 0.1) is 0 Å². The number of hydrogen-bond acceptors (Lipinski definition) is 5. The van der Waals surface area contributed by atoms with Crippen LogP contribution in [0, 0.1) is 0 Å². The fourth-order valence-corrected chi connectivity index (χ4v) is 4.33. The van der Waals surface area contributed by atoms with E-state index in [9.17, 15) is 4.79 Å². The third kappa shape index (κ3) is 3.00. The highest BCUT2D eigenvalue weighted by atomic mass is 32.1. The summed E-state index contributed by atoms with van der Waals surface area (Å²) in [5, 5.41) is 0.908. The van der Waals surface area contributed by atoms with Crippen molar-refractivity contribution in [1.29, 1.82) is 0 Å². The van der Waals surface area contributed by atoms with Crippen LogP contribution in [0.1, 0.15) is 54.6 Å². The van der Waals surface area contributed by atoms with E-state index >= 15 is 0 Å². The Morgan fingerprint density at radius 3 is 2.57 bits per heavy atom. The van der Waals surface area contributed by atoms with Crippen LogP contribution in [0.3, 0.4) is 0 Å². The van der Waals surface area contributed by atoms with Gasteiger partial charge in [-0.3, -0.25) is 4.79 Å². The Morgan fingerprint density at radius 2 is 1.90 bits per heavy atom. The van der Waals surface area contributed by atoms with Crippen LogP contribution in [0.5, 0.6) is 0 Å². The van der Waals surface area contributed by atoms with Gasteiger partial charge >= 0.3 is 0 Å². The lowest BCUT2D eigenvalue weighted by Gasteiger charge is -2.30. The third-order valence-electron chi connectivity index (χ3n) is 4.66. The zero-order chi connectivity index (χ0) is 14.8. The number of thiazole rings is 1. The SMILES string of the molecule is CN(C(=O)c1sc(N2CCCC2)nc1N)C1CCCCC1. The van der Waals surface area contributed by atoms with Gasteiger partial charge in [0, 0.05) is 26.2 Å². The molecule has 0 atom stereocenters. The second-order valence-corrected chi connectivity index (χ2v) is 7.09. The fourth-order valence-electron chi connectivity index (χ4n) is 3.31. The van der Waals surface area contributed by atoms with Crippen LogP contribution < -0.4 is 10.6 Å². The molecular formula is C15H24N4OS. The van der Waals surface area contributed by atoms with Gasteiger partial charge in [-0.15, -0.1) is 0 Å². The number of carbonyl (C=O) groups is 1. The van der Waals surface area contributed by atoms with Crippen LogP contribution in [-0.4, -0.2) is 42.0 Å². The summed E-state index contributed by atoms with van der Waals surface area (Å²) in [4.78, 5) is 21.8. The van der Waals surface area contributed by atoms with Crippen LogP contribution >= 0.6 is 11.3 Å². The maximum atomic E-state index is 12.7. The molecule has 5 nitrogen and oxygen atoms in total. The predicted octanol–water partition coefficient (Wildman–Crippen LogP) is 2.73. The average Bonchev–Trinajstić information content (AvgIpc) is 3.16. The number of amides is 1. The topological polar surface area (TPSA) is 62.5 Å². The van der Waals surface area contributed by atoms with Crippen molar-refractivity contribution < 1.29 is 4.79 Å². The quantitative estimate of drug-likeness (QED) is 0.932. The van der Waals surface area contributed by atoms with Crippen molar-refractivity contribution in [1.82, 2.24) is 9.88 Å². The highest BCUT2D eigenvalue weighted by molar-refractivity contribution is 7.18. The zero-order valence-corrected chi connectivity index (χ0v) is 13.5. The van der Waals surface area contributed by atoms with Gasteiger partial charge in [0.25, 0.3) is 5.91 Å². The molecule has 0 bridgehead atoms. The molecule has 1 aromatic rings. The van der Waals surface area contributed by atoms with E-state index in [1.54, 1.807) is 0 Å². The van der Waals surface area contributed by atoms with E-state index in [2.05, 4.69) is 9.88 Å². The van der Waals surface area contributed by atoms with E-state index in [1.807, 2.05) is 11.9 Å². The molecule has 1 aromatic heterocycles. The molecule has 0 spiro atoms.